The van der Waals surface area contributed by atoms with Crippen molar-refractivity contribution in [1.29, 1.82) is 0 Å². The Morgan fingerprint density at radius 1 is 1.31 bits per heavy atom. The number of carbonyl (C=O) groups is 1. The average Bonchev–Trinajstić information content (AvgIpc) is 2.19. The van der Waals surface area contributed by atoms with Crippen LogP contribution in [0.2, 0.25) is 0 Å². The zero-order valence-corrected chi connectivity index (χ0v) is 8.04. The molecule has 0 radical (unpaired) electrons. The maximum Gasteiger partial charge on any atom is 0.180 e. The lowest BCUT2D eigenvalue weighted by Crippen LogP contribution is -2.30. The number of carbonyl (C=O) groups excluding carboxylic acids is 1. The van der Waals surface area contributed by atoms with E-state index in [-0.39, 0.29) is 17.8 Å². The van der Waals surface area contributed by atoms with Gasteiger partial charge in [-0.3, -0.25) is 4.79 Å². The predicted molar refractivity (Wildman–Crippen MR) is 50.1 cm³/mol. The molecular weight excluding hydrogens is 164 g/mol. The Balaban J connectivity index is 2.34. The molecule has 1 heterocycles. The molecule has 13 heavy (non-hydrogen) atoms. The van der Waals surface area contributed by atoms with Crippen LogP contribution in [-0.2, 0) is 9.53 Å². The summed E-state index contributed by atoms with van der Waals surface area (Å²) in [6.07, 6.45) is 4.99. The van der Waals surface area contributed by atoms with Gasteiger partial charge in [0.05, 0.1) is 6.26 Å². The van der Waals surface area contributed by atoms with Gasteiger partial charge in [0.1, 0.15) is 0 Å². The molecule has 0 N–H and O–H groups in total. The highest BCUT2D eigenvalue weighted by Crippen LogP contribution is 2.30. The molecular formula is C11H14O2. The molecule has 2 unspecified atom stereocenters. The van der Waals surface area contributed by atoms with Crippen molar-refractivity contribution in [1.82, 2.24) is 0 Å². The molecule has 0 saturated heterocycles. The van der Waals surface area contributed by atoms with Crippen molar-refractivity contribution in [3.63, 3.8) is 0 Å². The molecule has 0 amide bonds. The number of rotatable bonds is 0. The molecule has 0 saturated carbocycles. The summed E-state index contributed by atoms with van der Waals surface area (Å²) in [5.41, 5.74) is 2.65. The summed E-state index contributed by atoms with van der Waals surface area (Å²) < 4.78 is 5.30. The first-order valence-corrected chi connectivity index (χ1v) is 4.69. The van der Waals surface area contributed by atoms with Crippen LogP contribution in [-0.4, -0.2) is 11.9 Å². The van der Waals surface area contributed by atoms with E-state index in [0.717, 1.165) is 12.8 Å². The maximum absolute atomic E-state index is 11.7. The summed E-state index contributed by atoms with van der Waals surface area (Å²) in [6, 6.07) is 0. The quantitative estimate of drug-likeness (QED) is 0.531. The Hall–Kier alpha value is -1.05. The lowest BCUT2D eigenvalue weighted by atomic mass is 9.94. The standard InChI is InChI=1S/C11H14O2/c1-7-5-9-3-4-13-10(11(9)12)6-8(7)2/h3-4,9-10H,5-6H2,1-2H3. The minimum Gasteiger partial charge on any atom is -0.490 e. The molecule has 0 aromatic heterocycles. The minimum atomic E-state index is -0.215. The zero-order valence-electron chi connectivity index (χ0n) is 8.04. The number of hydrogen-bond donors (Lipinski definition) is 0. The van der Waals surface area contributed by atoms with Gasteiger partial charge >= 0.3 is 0 Å². The summed E-state index contributed by atoms with van der Waals surface area (Å²) in [6.45, 7) is 4.20. The highest BCUT2D eigenvalue weighted by atomic mass is 16.5. The van der Waals surface area contributed by atoms with Gasteiger partial charge in [-0.05, 0) is 26.3 Å². The van der Waals surface area contributed by atoms with Gasteiger partial charge in [0.15, 0.2) is 11.9 Å². The van der Waals surface area contributed by atoms with E-state index in [9.17, 15) is 4.79 Å². The van der Waals surface area contributed by atoms with Crippen LogP contribution in [0.15, 0.2) is 23.5 Å². The molecule has 0 aromatic carbocycles. The number of allylic oxidation sites excluding steroid dienone is 2. The van der Waals surface area contributed by atoms with Gasteiger partial charge in [-0.25, -0.2) is 0 Å². The third-order valence-corrected chi connectivity index (χ3v) is 2.98. The monoisotopic (exact) mass is 178 g/mol. The smallest absolute Gasteiger partial charge is 0.180 e. The van der Waals surface area contributed by atoms with E-state index >= 15 is 0 Å². The molecule has 2 bridgehead atoms. The Morgan fingerprint density at radius 2 is 2.00 bits per heavy atom. The fourth-order valence-corrected chi connectivity index (χ4v) is 1.91. The van der Waals surface area contributed by atoms with Gasteiger partial charge in [0.2, 0.25) is 0 Å². The highest BCUT2D eigenvalue weighted by molar-refractivity contribution is 5.88. The first-order valence-electron chi connectivity index (χ1n) is 4.69. The van der Waals surface area contributed by atoms with Crippen LogP contribution in [0, 0.1) is 5.92 Å². The molecule has 70 valence electrons. The van der Waals surface area contributed by atoms with Crippen LogP contribution in [0.3, 0.4) is 0 Å². The first-order chi connectivity index (χ1) is 6.18. The summed E-state index contributed by atoms with van der Waals surface area (Å²) in [5, 5.41) is 0. The molecule has 0 fully saturated rings. The third-order valence-electron chi connectivity index (χ3n) is 2.98. The Kier molecular flexibility index (Phi) is 1.98. The third kappa shape index (κ3) is 1.41. The molecule has 0 aromatic rings. The number of fused-ring (bicyclic) bond motifs is 2. The second-order valence-electron chi connectivity index (χ2n) is 3.93. The van der Waals surface area contributed by atoms with Crippen molar-refractivity contribution < 1.29 is 9.53 Å². The Labute approximate surface area is 78.3 Å². The van der Waals surface area contributed by atoms with Crippen molar-refractivity contribution in [2.45, 2.75) is 32.8 Å². The minimum absolute atomic E-state index is 0.0659. The van der Waals surface area contributed by atoms with Gasteiger partial charge in [0.25, 0.3) is 0 Å². The van der Waals surface area contributed by atoms with Gasteiger partial charge in [-0.15, -0.1) is 0 Å². The van der Waals surface area contributed by atoms with E-state index in [1.54, 1.807) is 6.26 Å². The lowest BCUT2D eigenvalue weighted by Gasteiger charge is -2.21. The van der Waals surface area contributed by atoms with Crippen molar-refractivity contribution in [2.75, 3.05) is 0 Å². The molecule has 2 atom stereocenters. The molecule has 2 aliphatic rings. The van der Waals surface area contributed by atoms with Gasteiger partial charge in [-0.2, -0.15) is 0 Å². The lowest BCUT2D eigenvalue weighted by molar-refractivity contribution is -0.131. The normalized spacial score (nSPS) is 32.9. The molecule has 2 heteroatoms. The van der Waals surface area contributed by atoms with Crippen LogP contribution in [0.1, 0.15) is 26.7 Å². The molecule has 0 spiro atoms. The summed E-state index contributed by atoms with van der Waals surface area (Å²) in [5.74, 6) is 0.315. The molecule has 1 aliphatic carbocycles. The van der Waals surface area contributed by atoms with E-state index in [0.29, 0.717) is 0 Å². The highest BCUT2D eigenvalue weighted by Gasteiger charge is 2.32. The van der Waals surface area contributed by atoms with Crippen molar-refractivity contribution in [3.8, 4) is 0 Å². The zero-order chi connectivity index (χ0) is 9.42. The number of ketones is 1. The van der Waals surface area contributed by atoms with E-state index in [4.69, 9.17) is 4.74 Å². The van der Waals surface area contributed by atoms with Crippen molar-refractivity contribution in [3.05, 3.63) is 23.5 Å². The fraction of sp³-hybridized carbons (Fsp3) is 0.545. The van der Waals surface area contributed by atoms with Gasteiger partial charge in [-0.1, -0.05) is 11.1 Å². The Morgan fingerprint density at radius 3 is 2.77 bits per heavy atom. The van der Waals surface area contributed by atoms with Crippen LogP contribution in [0.25, 0.3) is 0 Å². The van der Waals surface area contributed by atoms with Crippen LogP contribution < -0.4 is 0 Å². The maximum atomic E-state index is 11.7. The topological polar surface area (TPSA) is 26.3 Å². The summed E-state index contributed by atoms with van der Waals surface area (Å²) in [7, 11) is 0. The number of ether oxygens (including phenoxy) is 1. The largest absolute Gasteiger partial charge is 0.490 e. The van der Waals surface area contributed by atoms with Gasteiger partial charge in [0, 0.05) is 12.3 Å². The second-order valence-corrected chi connectivity index (χ2v) is 3.93. The predicted octanol–water partition coefficient (Wildman–Crippen LogP) is 2.21. The number of Topliss-reactive ketones (excluding diaryl/α,β-unsaturated/α-hetero) is 1. The molecule has 1 aliphatic heterocycles. The van der Waals surface area contributed by atoms with Crippen molar-refractivity contribution >= 4 is 5.78 Å². The van der Waals surface area contributed by atoms with Crippen LogP contribution >= 0.6 is 0 Å². The molecule has 2 rings (SSSR count). The molecule has 2 nitrogen and oxygen atoms in total. The van der Waals surface area contributed by atoms with E-state index in [1.807, 2.05) is 6.08 Å². The van der Waals surface area contributed by atoms with Gasteiger partial charge < -0.3 is 4.74 Å². The van der Waals surface area contributed by atoms with Crippen molar-refractivity contribution in [2.24, 2.45) is 5.92 Å². The van der Waals surface area contributed by atoms with Crippen LogP contribution in [0.5, 0.6) is 0 Å². The SMILES string of the molecule is CC1=C(C)CC2OC=CC(C1)C2=O. The van der Waals surface area contributed by atoms with E-state index < -0.39 is 0 Å². The number of hydrogen-bond acceptors (Lipinski definition) is 2. The fourth-order valence-electron chi connectivity index (χ4n) is 1.91. The van der Waals surface area contributed by atoms with E-state index in [1.165, 1.54) is 11.1 Å². The van der Waals surface area contributed by atoms with Crippen LogP contribution in [0.4, 0.5) is 0 Å². The summed E-state index contributed by atoms with van der Waals surface area (Å²) in [4.78, 5) is 11.7. The first kappa shape index (κ1) is 8.54. The average molecular weight is 178 g/mol. The Bertz CT molecular complexity index is 299. The second kappa shape index (κ2) is 3.02. The van der Waals surface area contributed by atoms with E-state index in [2.05, 4.69) is 13.8 Å². The summed E-state index contributed by atoms with van der Waals surface area (Å²) >= 11 is 0.